The standard InChI is InChI=1S/C26H32NOS/c1-4-23(21-28-3)27(5-2)20-22-16-18-26(19-17-22)29(24-12-8-6-9-13-24)25-14-10-7-11-15-25/h6-19,23H,4-5,20-21H2,1-3H3/q+1. The van der Waals surface area contributed by atoms with Crippen LogP contribution < -0.4 is 0 Å². The Morgan fingerprint density at radius 2 is 1.28 bits per heavy atom. The molecule has 3 heteroatoms. The van der Waals surface area contributed by atoms with E-state index in [0.717, 1.165) is 26.1 Å². The van der Waals surface area contributed by atoms with E-state index in [0.29, 0.717) is 6.04 Å². The Kier molecular flexibility index (Phi) is 8.36. The van der Waals surface area contributed by atoms with Crippen molar-refractivity contribution in [3.63, 3.8) is 0 Å². The van der Waals surface area contributed by atoms with E-state index in [-0.39, 0.29) is 10.9 Å². The summed E-state index contributed by atoms with van der Waals surface area (Å²) in [4.78, 5) is 6.57. The van der Waals surface area contributed by atoms with Crippen molar-refractivity contribution < 1.29 is 4.74 Å². The van der Waals surface area contributed by atoms with Crippen LogP contribution >= 0.6 is 0 Å². The van der Waals surface area contributed by atoms with Crippen molar-refractivity contribution in [2.24, 2.45) is 0 Å². The second-order valence-corrected chi connectivity index (χ2v) is 9.18. The highest BCUT2D eigenvalue weighted by Gasteiger charge is 2.28. The number of ether oxygens (including phenoxy) is 1. The zero-order valence-corrected chi connectivity index (χ0v) is 18.6. The molecule has 1 unspecified atom stereocenters. The Morgan fingerprint density at radius 1 is 0.759 bits per heavy atom. The fourth-order valence-electron chi connectivity index (χ4n) is 3.66. The molecule has 0 heterocycles. The van der Waals surface area contributed by atoms with Crippen LogP contribution in [0.2, 0.25) is 0 Å². The van der Waals surface area contributed by atoms with Gasteiger partial charge < -0.3 is 4.74 Å². The van der Waals surface area contributed by atoms with Gasteiger partial charge in [0.2, 0.25) is 0 Å². The molecule has 0 fully saturated rings. The molecule has 0 saturated carbocycles. The lowest BCUT2D eigenvalue weighted by Gasteiger charge is -2.29. The Hall–Kier alpha value is -2.07. The van der Waals surface area contributed by atoms with Gasteiger partial charge >= 0.3 is 0 Å². The molecule has 0 aliphatic carbocycles. The third-order valence-electron chi connectivity index (χ3n) is 5.26. The van der Waals surface area contributed by atoms with Gasteiger partial charge in [0.25, 0.3) is 0 Å². The van der Waals surface area contributed by atoms with Crippen molar-refractivity contribution in [2.75, 3.05) is 20.3 Å². The van der Waals surface area contributed by atoms with Crippen molar-refractivity contribution in [3.8, 4) is 0 Å². The summed E-state index contributed by atoms with van der Waals surface area (Å²) in [5.74, 6) is 0. The van der Waals surface area contributed by atoms with Crippen LogP contribution in [-0.2, 0) is 22.2 Å². The summed E-state index contributed by atoms with van der Waals surface area (Å²) in [7, 11) is 1.71. The van der Waals surface area contributed by atoms with Gasteiger partial charge in [-0.05, 0) is 54.9 Å². The van der Waals surface area contributed by atoms with Crippen molar-refractivity contribution in [2.45, 2.75) is 47.5 Å². The van der Waals surface area contributed by atoms with Crippen LogP contribution in [0, 0.1) is 0 Å². The maximum absolute atomic E-state index is 5.42. The Balaban J connectivity index is 1.84. The van der Waals surface area contributed by atoms with Gasteiger partial charge in [0, 0.05) is 19.7 Å². The van der Waals surface area contributed by atoms with Crippen molar-refractivity contribution in [3.05, 3.63) is 90.5 Å². The van der Waals surface area contributed by atoms with Crippen LogP contribution in [-0.4, -0.2) is 31.2 Å². The van der Waals surface area contributed by atoms with Crippen LogP contribution in [0.1, 0.15) is 25.8 Å². The molecule has 0 spiro atoms. The second kappa shape index (κ2) is 11.2. The molecule has 2 nitrogen and oxygen atoms in total. The van der Waals surface area contributed by atoms with Gasteiger partial charge in [0.1, 0.15) is 0 Å². The summed E-state index contributed by atoms with van der Waals surface area (Å²) < 4.78 is 5.42. The molecule has 3 aromatic rings. The quantitative estimate of drug-likeness (QED) is 0.381. The highest BCUT2D eigenvalue weighted by molar-refractivity contribution is 7.97. The molecule has 3 rings (SSSR count). The maximum Gasteiger partial charge on any atom is 0.166 e. The average Bonchev–Trinajstić information content (AvgIpc) is 2.79. The second-order valence-electron chi connectivity index (χ2n) is 7.16. The molecule has 0 aliphatic heterocycles. The van der Waals surface area contributed by atoms with E-state index in [1.54, 1.807) is 7.11 Å². The molecule has 0 radical (unpaired) electrons. The van der Waals surface area contributed by atoms with Crippen LogP contribution in [0.25, 0.3) is 0 Å². The number of likely N-dealkylation sites (N-methyl/N-ethyl adjacent to an activating group) is 1. The van der Waals surface area contributed by atoms with Gasteiger partial charge in [0.15, 0.2) is 14.7 Å². The molecular formula is C26H32NOS+. The highest BCUT2D eigenvalue weighted by Crippen LogP contribution is 2.31. The number of benzene rings is 3. The normalized spacial score (nSPS) is 12.4. The summed E-state index contributed by atoms with van der Waals surface area (Å²) >= 11 is 0. The zero-order chi connectivity index (χ0) is 20.5. The first-order valence-corrected chi connectivity index (χ1v) is 11.7. The monoisotopic (exact) mass is 406 g/mol. The molecule has 0 N–H and O–H groups in total. The smallest absolute Gasteiger partial charge is 0.166 e. The molecule has 0 bridgehead atoms. The van der Waals surface area contributed by atoms with Crippen molar-refractivity contribution >= 4 is 10.9 Å². The first kappa shape index (κ1) is 21.6. The van der Waals surface area contributed by atoms with Gasteiger partial charge in [-0.1, -0.05) is 62.4 Å². The highest BCUT2D eigenvalue weighted by atomic mass is 32.2. The van der Waals surface area contributed by atoms with E-state index in [2.05, 4.69) is 104 Å². The molecule has 0 amide bonds. The zero-order valence-electron chi connectivity index (χ0n) is 17.8. The van der Waals surface area contributed by atoms with Gasteiger partial charge in [0.05, 0.1) is 17.5 Å². The van der Waals surface area contributed by atoms with E-state index in [1.807, 2.05) is 0 Å². The van der Waals surface area contributed by atoms with Crippen LogP contribution in [0.15, 0.2) is 99.6 Å². The third-order valence-corrected chi connectivity index (χ3v) is 7.49. The lowest BCUT2D eigenvalue weighted by Crippen LogP contribution is -2.37. The maximum atomic E-state index is 5.42. The van der Waals surface area contributed by atoms with Crippen LogP contribution in [0.5, 0.6) is 0 Å². The topological polar surface area (TPSA) is 12.5 Å². The molecular weight excluding hydrogens is 374 g/mol. The van der Waals surface area contributed by atoms with E-state index in [4.69, 9.17) is 4.74 Å². The van der Waals surface area contributed by atoms with E-state index in [9.17, 15) is 0 Å². The number of hydrogen-bond donors (Lipinski definition) is 0. The van der Waals surface area contributed by atoms with E-state index >= 15 is 0 Å². The van der Waals surface area contributed by atoms with Crippen molar-refractivity contribution in [1.82, 2.24) is 4.90 Å². The number of nitrogens with zero attached hydrogens (tertiary/aromatic N) is 1. The predicted molar refractivity (Wildman–Crippen MR) is 124 cm³/mol. The predicted octanol–water partition coefficient (Wildman–Crippen LogP) is 6.03. The molecule has 1 atom stereocenters. The minimum absolute atomic E-state index is 0.0844. The van der Waals surface area contributed by atoms with Crippen LogP contribution in [0.4, 0.5) is 0 Å². The van der Waals surface area contributed by atoms with E-state index in [1.165, 1.54) is 20.2 Å². The number of rotatable bonds is 10. The summed E-state index contributed by atoms with van der Waals surface area (Å²) in [6.07, 6.45) is 1.10. The SMILES string of the molecule is CCC(COC)N(CC)Cc1ccc([S+](c2ccccc2)c2ccccc2)cc1. The molecule has 29 heavy (non-hydrogen) atoms. The van der Waals surface area contributed by atoms with Crippen molar-refractivity contribution in [1.29, 1.82) is 0 Å². The minimum atomic E-state index is -0.0844. The lowest BCUT2D eigenvalue weighted by molar-refractivity contribution is 0.0862. The summed E-state index contributed by atoms with van der Waals surface area (Å²) in [6.45, 7) is 7.24. The Bertz CT molecular complexity index is 796. The summed E-state index contributed by atoms with van der Waals surface area (Å²) in [5.41, 5.74) is 1.36. The van der Waals surface area contributed by atoms with E-state index < -0.39 is 0 Å². The van der Waals surface area contributed by atoms with Gasteiger partial charge in [-0.15, -0.1) is 0 Å². The average molecular weight is 407 g/mol. The Morgan fingerprint density at radius 3 is 1.72 bits per heavy atom. The first-order chi connectivity index (χ1) is 14.3. The summed E-state index contributed by atoms with van der Waals surface area (Å²) in [6, 6.07) is 31.3. The molecule has 0 aliphatic rings. The fraction of sp³-hybridized carbons (Fsp3) is 0.308. The minimum Gasteiger partial charge on any atom is -0.383 e. The number of hydrogen-bond acceptors (Lipinski definition) is 2. The molecule has 3 aromatic carbocycles. The van der Waals surface area contributed by atoms with Gasteiger partial charge in [-0.3, -0.25) is 4.90 Å². The fourth-order valence-corrected chi connectivity index (χ4v) is 5.74. The van der Waals surface area contributed by atoms with Gasteiger partial charge in [-0.25, -0.2) is 0 Å². The lowest BCUT2D eigenvalue weighted by atomic mass is 10.1. The third kappa shape index (κ3) is 5.72. The molecule has 0 saturated heterocycles. The Labute approximate surface area is 178 Å². The molecule has 152 valence electrons. The summed E-state index contributed by atoms with van der Waals surface area (Å²) in [5, 5.41) is 0. The number of methoxy groups -OCH3 is 1. The molecule has 0 aromatic heterocycles. The first-order valence-electron chi connectivity index (χ1n) is 10.4. The van der Waals surface area contributed by atoms with Crippen LogP contribution in [0.3, 0.4) is 0 Å². The largest absolute Gasteiger partial charge is 0.383 e. The van der Waals surface area contributed by atoms with Gasteiger partial charge in [-0.2, -0.15) is 0 Å².